The van der Waals surface area contributed by atoms with Crippen molar-refractivity contribution in [1.82, 2.24) is 5.32 Å². The average Bonchev–Trinajstić information content (AvgIpc) is 2.83. The molecule has 0 aliphatic carbocycles. The summed E-state index contributed by atoms with van der Waals surface area (Å²) >= 11 is 6.56. The van der Waals surface area contributed by atoms with Crippen molar-refractivity contribution < 1.29 is 9.47 Å². The number of halogens is 1. The van der Waals surface area contributed by atoms with Crippen molar-refractivity contribution in [2.45, 2.75) is 24.8 Å². The second-order valence-electron chi connectivity index (χ2n) is 7.32. The molecule has 1 saturated heterocycles. The van der Waals surface area contributed by atoms with Gasteiger partial charge in [-0.2, -0.15) is 0 Å². The van der Waals surface area contributed by atoms with E-state index in [1.165, 1.54) is 17.7 Å². The molecule has 0 radical (unpaired) electrons. The first-order valence-electron chi connectivity index (χ1n) is 9.38. The minimum absolute atomic E-state index is 0.524. The van der Waals surface area contributed by atoms with Crippen molar-refractivity contribution >= 4 is 17.3 Å². The first-order chi connectivity index (χ1) is 12.8. The van der Waals surface area contributed by atoms with Crippen LogP contribution in [0.15, 0.2) is 30.3 Å². The maximum absolute atomic E-state index is 6.56. The second kappa shape index (κ2) is 6.36. The molecule has 5 heteroatoms. The van der Waals surface area contributed by atoms with Crippen LogP contribution in [0, 0.1) is 0 Å². The van der Waals surface area contributed by atoms with Gasteiger partial charge in [0.25, 0.3) is 0 Å². The van der Waals surface area contributed by atoms with Gasteiger partial charge in [0, 0.05) is 30.6 Å². The normalized spacial score (nSPS) is 23.7. The monoisotopic (exact) mass is 370 g/mol. The maximum Gasteiger partial charge on any atom is 0.143 e. The lowest BCUT2D eigenvalue weighted by Gasteiger charge is -2.33. The maximum atomic E-state index is 6.56. The Morgan fingerprint density at radius 1 is 1.27 bits per heavy atom. The summed E-state index contributed by atoms with van der Waals surface area (Å²) < 4.78 is 11.5. The highest BCUT2D eigenvalue weighted by atomic mass is 35.5. The number of hydrogen-bond acceptors (Lipinski definition) is 4. The number of ether oxygens (including phenoxy) is 2. The zero-order chi connectivity index (χ0) is 17.7. The molecule has 2 aromatic rings. The molecular weight excluding hydrogens is 348 g/mol. The fraction of sp³-hybridized carbons (Fsp3) is 0.429. The molecule has 0 spiro atoms. The van der Waals surface area contributed by atoms with Crippen LogP contribution in [0.1, 0.15) is 24.3 Å². The number of piperidine rings is 1. The Morgan fingerprint density at radius 3 is 3.04 bits per heavy atom. The zero-order valence-electron chi connectivity index (χ0n) is 14.9. The Balaban J connectivity index is 1.66. The van der Waals surface area contributed by atoms with Crippen LogP contribution in [-0.4, -0.2) is 39.4 Å². The Hall–Kier alpha value is -1.91. The highest BCUT2D eigenvalue weighted by Gasteiger charge is 2.42. The highest BCUT2D eigenvalue weighted by molar-refractivity contribution is 6.33. The molecule has 1 fully saturated rings. The molecular formula is C21H23ClN2O2. The molecule has 0 unspecified atom stereocenters. The highest BCUT2D eigenvalue weighted by Crippen LogP contribution is 2.51. The summed E-state index contributed by atoms with van der Waals surface area (Å²) in [5.74, 6) is 2.31. The van der Waals surface area contributed by atoms with Gasteiger partial charge in [-0.15, -0.1) is 0 Å². The fourth-order valence-corrected chi connectivity index (χ4v) is 5.02. The summed E-state index contributed by atoms with van der Waals surface area (Å²) in [4.78, 5) is 2.60. The van der Waals surface area contributed by atoms with Crippen molar-refractivity contribution in [1.29, 1.82) is 0 Å². The molecule has 5 rings (SSSR count). The van der Waals surface area contributed by atoms with Crippen LogP contribution >= 0.6 is 11.6 Å². The van der Waals surface area contributed by atoms with Crippen LogP contribution in [0.4, 0.5) is 5.69 Å². The third kappa shape index (κ3) is 2.47. The number of benzene rings is 2. The van der Waals surface area contributed by atoms with Gasteiger partial charge in [-0.3, -0.25) is 0 Å². The summed E-state index contributed by atoms with van der Waals surface area (Å²) in [6, 6.07) is 11.0. The lowest BCUT2D eigenvalue weighted by molar-refractivity contribution is 0.319. The molecule has 3 aliphatic rings. The van der Waals surface area contributed by atoms with E-state index in [0.717, 1.165) is 55.3 Å². The van der Waals surface area contributed by atoms with Crippen LogP contribution in [0.2, 0.25) is 5.02 Å². The predicted octanol–water partition coefficient (Wildman–Crippen LogP) is 4.06. The van der Waals surface area contributed by atoms with Crippen LogP contribution in [0.5, 0.6) is 11.5 Å². The lowest BCUT2D eigenvalue weighted by Crippen LogP contribution is -2.44. The van der Waals surface area contributed by atoms with Gasteiger partial charge in [-0.25, -0.2) is 0 Å². The molecule has 4 nitrogen and oxygen atoms in total. The van der Waals surface area contributed by atoms with E-state index < -0.39 is 0 Å². The Morgan fingerprint density at radius 2 is 2.19 bits per heavy atom. The largest absolute Gasteiger partial charge is 0.497 e. The molecule has 2 aromatic carbocycles. The number of rotatable bonds is 2. The Labute approximate surface area is 159 Å². The Kier molecular flexibility index (Phi) is 3.98. The van der Waals surface area contributed by atoms with Crippen LogP contribution in [0.25, 0.3) is 11.1 Å². The van der Waals surface area contributed by atoms with Gasteiger partial charge >= 0.3 is 0 Å². The topological polar surface area (TPSA) is 33.7 Å². The molecule has 2 atom stereocenters. The van der Waals surface area contributed by atoms with Crippen LogP contribution in [-0.2, 0) is 0 Å². The van der Waals surface area contributed by atoms with Crippen molar-refractivity contribution in [3.63, 3.8) is 0 Å². The minimum atomic E-state index is 0.524. The van der Waals surface area contributed by atoms with Crippen molar-refractivity contribution in [3.8, 4) is 22.6 Å². The van der Waals surface area contributed by atoms with E-state index in [0.29, 0.717) is 17.0 Å². The minimum Gasteiger partial charge on any atom is -0.497 e. The summed E-state index contributed by atoms with van der Waals surface area (Å²) in [5.41, 5.74) is 4.87. The van der Waals surface area contributed by atoms with Gasteiger partial charge in [-0.1, -0.05) is 11.6 Å². The molecule has 0 bridgehead atoms. The van der Waals surface area contributed by atoms with E-state index in [-0.39, 0.29) is 0 Å². The van der Waals surface area contributed by atoms with Crippen molar-refractivity contribution in [3.05, 3.63) is 40.9 Å². The average molecular weight is 371 g/mol. The number of fused-ring (bicyclic) bond motifs is 3. The molecule has 0 amide bonds. The smallest absolute Gasteiger partial charge is 0.143 e. The summed E-state index contributed by atoms with van der Waals surface area (Å²) in [5, 5.41) is 4.28. The van der Waals surface area contributed by atoms with Gasteiger partial charge < -0.3 is 19.7 Å². The second-order valence-corrected chi connectivity index (χ2v) is 7.73. The third-order valence-corrected chi connectivity index (χ3v) is 6.24. The molecule has 0 aromatic heterocycles. The van der Waals surface area contributed by atoms with Gasteiger partial charge in [0.1, 0.15) is 11.5 Å². The standard InChI is InChI=1S/C21H23ClN2O2/c1-25-14-3-4-15(18(22)11-14)13-9-16-17-12-23-6-5-19(17)24-7-2-8-26-20(10-13)21(16)24/h3-4,9-11,17,19,23H,2,5-8,12H2,1H3/t17-,19-/m0/s1. The van der Waals surface area contributed by atoms with Crippen molar-refractivity contribution in [2.24, 2.45) is 0 Å². The first kappa shape index (κ1) is 16.3. The van der Waals surface area contributed by atoms with Gasteiger partial charge in [0.2, 0.25) is 0 Å². The van der Waals surface area contributed by atoms with Gasteiger partial charge in [0.05, 0.1) is 24.4 Å². The van der Waals surface area contributed by atoms with Gasteiger partial charge in [-0.05, 0) is 60.8 Å². The van der Waals surface area contributed by atoms with E-state index in [4.69, 9.17) is 21.1 Å². The number of nitrogens with one attached hydrogen (secondary N) is 1. The third-order valence-electron chi connectivity index (χ3n) is 5.93. The van der Waals surface area contributed by atoms with E-state index >= 15 is 0 Å². The lowest BCUT2D eigenvalue weighted by atomic mass is 9.88. The molecule has 0 saturated carbocycles. The van der Waals surface area contributed by atoms with E-state index in [2.05, 4.69) is 22.3 Å². The zero-order valence-corrected chi connectivity index (χ0v) is 15.7. The summed E-state index contributed by atoms with van der Waals surface area (Å²) in [6.07, 6.45) is 2.26. The molecule has 136 valence electrons. The van der Waals surface area contributed by atoms with E-state index in [9.17, 15) is 0 Å². The number of hydrogen-bond donors (Lipinski definition) is 1. The fourth-order valence-electron chi connectivity index (χ4n) is 4.74. The number of anilines is 1. The SMILES string of the molecule is COc1ccc(-c2cc3c4c(c2)[C@@H]2CNCC[C@@H]2N4CCCO3)c(Cl)c1. The quantitative estimate of drug-likeness (QED) is 0.864. The molecule has 3 aliphatic heterocycles. The first-order valence-corrected chi connectivity index (χ1v) is 9.76. The number of nitrogens with zero attached hydrogens (tertiary/aromatic N) is 1. The molecule has 26 heavy (non-hydrogen) atoms. The summed E-state index contributed by atoms with van der Waals surface area (Å²) in [6.45, 7) is 3.99. The molecule has 1 N–H and O–H groups in total. The Bertz CT molecular complexity index is 854. The van der Waals surface area contributed by atoms with Crippen LogP contribution < -0.4 is 19.7 Å². The van der Waals surface area contributed by atoms with E-state index in [1.807, 2.05) is 18.2 Å². The van der Waals surface area contributed by atoms with Gasteiger partial charge in [0.15, 0.2) is 0 Å². The van der Waals surface area contributed by atoms with Crippen molar-refractivity contribution in [2.75, 3.05) is 38.3 Å². The van der Waals surface area contributed by atoms with Crippen LogP contribution in [0.3, 0.4) is 0 Å². The summed E-state index contributed by atoms with van der Waals surface area (Å²) in [7, 11) is 1.66. The predicted molar refractivity (Wildman–Crippen MR) is 105 cm³/mol. The number of methoxy groups -OCH3 is 1. The molecule has 3 heterocycles. The van der Waals surface area contributed by atoms with E-state index in [1.54, 1.807) is 7.11 Å².